The molecule has 0 fully saturated rings. The van der Waals surface area contributed by atoms with Gasteiger partial charge in [-0.3, -0.25) is 9.88 Å². The van der Waals surface area contributed by atoms with Crippen molar-refractivity contribution in [3.63, 3.8) is 0 Å². The molecule has 3 aromatic rings. The molecule has 0 bridgehead atoms. The zero-order valence-electron chi connectivity index (χ0n) is 14.2. The predicted octanol–water partition coefficient (Wildman–Crippen LogP) is 4.25. The Morgan fingerprint density at radius 2 is 2.12 bits per heavy atom. The Labute approximate surface area is 142 Å². The highest BCUT2D eigenvalue weighted by Crippen LogP contribution is 2.33. The highest BCUT2D eigenvalue weighted by Gasteiger charge is 2.29. The van der Waals surface area contributed by atoms with Crippen LogP contribution in [0.25, 0.3) is 10.9 Å². The molecule has 1 aliphatic heterocycles. The Morgan fingerprint density at radius 1 is 1.21 bits per heavy atom. The van der Waals surface area contributed by atoms with Gasteiger partial charge in [0.05, 0.1) is 23.6 Å². The standard InChI is InChI=1S/C20H24N4/c1-2-3-8-19-20-18(22-14-23-20)10-12-24(19)13-15-9-11-21-17-7-5-4-6-16(15)17/h4-7,9,11,14,19H,2-3,8,10,12-13H2,1H3,(H,22,23)/t19-/m0/s1. The fourth-order valence-electron chi connectivity index (χ4n) is 3.82. The smallest absolute Gasteiger partial charge is 0.0925 e. The SMILES string of the molecule is CCCC[C@H]1c2nc[nH]c2CCN1Cc1ccnc2ccccc12. The maximum Gasteiger partial charge on any atom is 0.0925 e. The lowest BCUT2D eigenvalue weighted by atomic mass is 9.96. The average molecular weight is 320 g/mol. The first-order valence-corrected chi connectivity index (χ1v) is 8.95. The van der Waals surface area contributed by atoms with E-state index < -0.39 is 0 Å². The van der Waals surface area contributed by atoms with Crippen LogP contribution in [0.3, 0.4) is 0 Å². The molecule has 0 radical (unpaired) electrons. The van der Waals surface area contributed by atoms with Crippen LogP contribution in [0.5, 0.6) is 0 Å². The van der Waals surface area contributed by atoms with Crippen LogP contribution >= 0.6 is 0 Å². The van der Waals surface area contributed by atoms with Crippen molar-refractivity contribution in [2.75, 3.05) is 6.54 Å². The minimum atomic E-state index is 0.423. The van der Waals surface area contributed by atoms with Crippen molar-refractivity contribution in [3.05, 3.63) is 59.8 Å². The monoisotopic (exact) mass is 320 g/mol. The second-order valence-electron chi connectivity index (χ2n) is 6.63. The molecule has 4 heteroatoms. The summed E-state index contributed by atoms with van der Waals surface area (Å²) in [5.41, 5.74) is 5.03. The fourth-order valence-corrected chi connectivity index (χ4v) is 3.82. The number of unbranched alkanes of at least 4 members (excludes halogenated alkanes) is 1. The Hall–Kier alpha value is -2.20. The molecule has 1 atom stereocenters. The molecule has 0 amide bonds. The molecule has 24 heavy (non-hydrogen) atoms. The number of rotatable bonds is 5. The molecule has 1 aromatic carbocycles. The zero-order valence-corrected chi connectivity index (χ0v) is 14.2. The Morgan fingerprint density at radius 3 is 3.04 bits per heavy atom. The number of H-pyrrole nitrogens is 1. The van der Waals surface area contributed by atoms with Crippen molar-refractivity contribution in [2.45, 2.75) is 45.2 Å². The van der Waals surface area contributed by atoms with E-state index in [1.54, 1.807) is 0 Å². The molecule has 0 aliphatic carbocycles. The number of fused-ring (bicyclic) bond motifs is 2. The van der Waals surface area contributed by atoms with Gasteiger partial charge in [0, 0.05) is 36.8 Å². The molecule has 1 N–H and O–H groups in total. The maximum absolute atomic E-state index is 4.64. The lowest BCUT2D eigenvalue weighted by molar-refractivity contribution is 0.161. The summed E-state index contributed by atoms with van der Waals surface area (Å²) in [7, 11) is 0. The Kier molecular flexibility index (Phi) is 4.30. The van der Waals surface area contributed by atoms with Gasteiger partial charge in [-0.2, -0.15) is 0 Å². The van der Waals surface area contributed by atoms with Crippen LogP contribution in [0.15, 0.2) is 42.9 Å². The van der Waals surface area contributed by atoms with Gasteiger partial charge in [-0.05, 0) is 24.1 Å². The number of pyridine rings is 1. The van der Waals surface area contributed by atoms with Crippen LogP contribution in [0.4, 0.5) is 0 Å². The summed E-state index contributed by atoms with van der Waals surface area (Å²) in [6, 6.07) is 11.0. The van der Waals surface area contributed by atoms with Gasteiger partial charge < -0.3 is 4.98 Å². The van der Waals surface area contributed by atoms with Crippen LogP contribution in [-0.4, -0.2) is 26.4 Å². The molecule has 124 valence electrons. The molecule has 0 unspecified atom stereocenters. The van der Waals surface area contributed by atoms with Crippen LogP contribution in [0.1, 0.15) is 49.2 Å². The fraction of sp³-hybridized carbons (Fsp3) is 0.400. The quantitative estimate of drug-likeness (QED) is 0.764. The predicted molar refractivity (Wildman–Crippen MR) is 96.7 cm³/mol. The summed E-state index contributed by atoms with van der Waals surface area (Å²) < 4.78 is 0. The van der Waals surface area contributed by atoms with E-state index in [0.29, 0.717) is 6.04 Å². The third kappa shape index (κ3) is 2.82. The van der Waals surface area contributed by atoms with E-state index in [2.05, 4.69) is 57.1 Å². The molecular formula is C20H24N4. The van der Waals surface area contributed by atoms with Gasteiger partial charge >= 0.3 is 0 Å². The molecule has 0 spiro atoms. The molecular weight excluding hydrogens is 296 g/mol. The first-order valence-electron chi connectivity index (χ1n) is 8.95. The number of imidazole rings is 1. The van der Waals surface area contributed by atoms with Crippen LogP contribution in [0, 0.1) is 0 Å². The molecule has 0 saturated heterocycles. The van der Waals surface area contributed by atoms with Crippen molar-refractivity contribution in [1.29, 1.82) is 0 Å². The summed E-state index contributed by atoms with van der Waals surface area (Å²) in [6.07, 6.45) is 8.49. The average Bonchev–Trinajstić information content (AvgIpc) is 3.10. The largest absolute Gasteiger partial charge is 0.348 e. The normalized spacial score (nSPS) is 18.0. The van der Waals surface area contributed by atoms with E-state index in [-0.39, 0.29) is 0 Å². The van der Waals surface area contributed by atoms with E-state index in [1.807, 2.05) is 12.5 Å². The second kappa shape index (κ2) is 6.73. The minimum Gasteiger partial charge on any atom is -0.348 e. The summed E-state index contributed by atoms with van der Waals surface area (Å²) in [5.74, 6) is 0. The lowest BCUT2D eigenvalue weighted by Crippen LogP contribution is -2.35. The molecule has 4 rings (SSSR count). The first-order chi connectivity index (χ1) is 11.9. The highest BCUT2D eigenvalue weighted by atomic mass is 15.2. The van der Waals surface area contributed by atoms with Gasteiger partial charge in [0.2, 0.25) is 0 Å². The number of benzene rings is 1. The molecule has 3 heterocycles. The maximum atomic E-state index is 4.64. The summed E-state index contributed by atoms with van der Waals surface area (Å²) >= 11 is 0. The second-order valence-corrected chi connectivity index (χ2v) is 6.63. The van der Waals surface area contributed by atoms with Crippen LogP contribution in [-0.2, 0) is 13.0 Å². The van der Waals surface area contributed by atoms with Gasteiger partial charge in [-0.15, -0.1) is 0 Å². The van der Waals surface area contributed by atoms with Gasteiger partial charge in [0.25, 0.3) is 0 Å². The number of nitrogens with one attached hydrogen (secondary N) is 1. The molecule has 4 nitrogen and oxygen atoms in total. The molecule has 0 saturated carbocycles. The summed E-state index contributed by atoms with van der Waals surface area (Å²) in [6.45, 7) is 4.30. The Bertz CT molecular complexity index is 818. The van der Waals surface area contributed by atoms with Crippen molar-refractivity contribution in [1.82, 2.24) is 19.9 Å². The van der Waals surface area contributed by atoms with Gasteiger partial charge in [0.1, 0.15) is 0 Å². The summed E-state index contributed by atoms with van der Waals surface area (Å²) in [5, 5.41) is 1.27. The lowest BCUT2D eigenvalue weighted by Gasteiger charge is -2.35. The van der Waals surface area contributed by atoms with Crippen molar-refractivity contribution >= 4 is 10.9 Å². The van der Waals surface area contributed by atoms with E-state index in [1.165, 1.54) is 41.6 Å². The van der Waals surface area contributed by atoms with Crippen molar-refractivity contribution in [3.8, 4) is 0 Å². The third-order valence-electron chi connectivity index (χ3n) is 5.10. The number of para-hydroxylation sites is 1. The number of hydrogen-bond donors (Lipinski definition) is 1. The summed E-state index contributed by atoms with van der Waals surface area (Å²) in [4.78, 5) is 15.1. The Balaban J connectivity index is 1.65. The van der Waals surface area contributed by atoms with E-state index in [0.717, 1.165) is 25.0 Å². The number of hydrogen-bond acceptors (Lipinski definition) is 3. The molecule has 1 aliphatic rings. The first kappa shape index (κ1) is 15.3. The van der Waals surface area contributed by atoms with Crippen LogP contribution in [0.2, 0.25) is 0 Å². The third-order valence-corrected chi connectivity index (χ3v) is 5.10. The van der Waals surface area contributed by atoms with E-state index in [9.17, 15) is 0 Å². The van der Waals surface area contributed by atoms with Crippen molar-refractivity contribution < 1.29 is 0 Å². The van der Waals surface area contributed by atoms with Gasteiger partial charge in [-0.25, -0.2) is 4.98 Å². The van der Waals surface area contributed by atoms with E-state index in [4.69, 9.17) is 0 Å². The number of nitrogens with zero attached hydrogens (tertiary/aromatic N) is 3. The zero-order chi connectivity index (χ0) is 16.4. The van der Waals surface area contributed by atoms with E-state index >= 15 is 0 Å². The molecule has 2 aromatic heterocycles. The van der Waals surface area contributed by atoms with Gasteiger partial charge in [0.15, 0.2) is 0 Å². The van der Waals surface area contributed by atoms with Gasteiger partial charge in [-0.1, -0.05) is 38.0 Å². The highest BCUT2D eigenvalue weighted by molar-refractivity contribution is 5.81. The number of aromatic amines is 1. The number of aromatic nitrogens is 3. The minimum absolute atomic E-state index is 0.423. The topological polar surface area (TPSA) is 44.8 Å². The van der Waals surface area contributed by atoms with Crippen LogP contribution < -0.4 is 0 Å². The van der Waals surface area contributed by atoms with Crippen molar-refractivity contribution in [2.24, 2.45) is 0 Å².